The molecule has 6 heteroatoms. The van der Waals surface area contributed by atoms with Crippen LogP contribution in [0.4, 0.5) is 5.13 Å². The van der Waals surface area contributed by atoms with Crippen LogP contribution in [0.3, 0.4) is 0 Å². The quantitative estimate of drug-likeness (QED) is 0.688. The molecule has 0 saturated heterocycles. The van der Waals surface area contributed by atoms with Gasteiger partial charge in [-0.05, 0) is 30.5 Å². The number of nitrogens with zero attached hydrogens (tertiary/aromatic N) is 2. The van der Waals surface area contributed by atoms with Gasteiger partial charge in [-0.3, -0.25) is 10.1 Å². The highest BCUT2D eigenvalue weighted by atomic mass is 32.1. The molecule has 0 aliphatic heterocycles. The molecule has 3 rings (SSSR count). The number of carbonyl (C=O) groups is 1. The topological polar surface area (TPSA) is 64.1 Å². The number of hydrogen-bond acceptors (Lipinski definition) is 5. The van der Waals surface area contributed by atoms with Gasteiger partial charge in [-0.25, -0.2) is 0 Å². The number of amides is 1. The molecule has 0 fully saturated rings. The molecule has 2 aromatic carbocycles. The second-order valence-corrected chi connectivity index (χ2v) is 7.32. The lowest BCUT2D eigenvalue weighted by Gasteiger charge is -2.08. The monoisotopic (exact) mass is 367 g/mol. The highest BCUT2D eigenvalue weighted by Gasteiger charge is 2.10. The number of aryl methyl sites for hydroxylation is 1. The maximum Gasteiger partial charge on any atom is 0.264 e. The normalized spacial score (nSPS) is 10.8. The van der Waals surface area contributed by atoms with E-state index in [1.165, 1.54) is 22.5 Å². The first kappa shape index (κ1) is 18.1. The van der Waals surface area contributed by atoms with Crippen molar-refractivity contribution in [1.82, 2.24) is 10.2 Å². The van der Waals surface area contributed by atoms with Crippen molar-refractivity contribution in [3.8, 4) is 16.3 Å². The number of carbonyl (C=O) groups excluding carboxylic acids is 1. The third-order valence-electron chi connectivity index (χ3n) is 3.89. The molecular weight excluding hydrogens is 346 g/mol. The van der Waals surface area contributed by atoms with Gasteiger partial charge < -0.3 is 4.74 Å². The van der Waals surface area contributed by atoms with E-state index < -0.39 is 0 Å². The minimum atomic E-state index is -0.260. The molecule has 1 amide bonds. The van der Waals surface area contributed by atoms with Crippen molar-refractivity contribution in [3.63, 3.8) is 0 Å². The first-order valence-corrected chi connectivity index (χ1v) is 9.26. The van der Waals surface area contributed by atoms with Gasteiger partial charge >= 0.3 is 0 Å². The first-order valence-electron chi connectivity index (χ1n) is 8.44. The van der Waals surface area contributed by atoms with E-state index in [1.54, 1.807) is 0 Å². The minimum absolute atomic E-state index is 0.0690. The maximum atomic E-state index is 12.1. The number of benzene rings is 2. The fourth-order valence-corrected chi connectivity index (χ4v) is 3.10. The summed E-state index contributed by atoms with van der Waals surface area (Å²) in [7, 11) is 0. The lowest BCUT2D eigenvalue weighted by atomic mass is 10.0. The molecule has 0 bridgehead atoms. The van der Waals surface area contributed by atoms with Gasteiger partial charge in [0.1, 0.15) is 10.8 Å². The van der Waals surface area contributed by atoms with Crippen molar-refractivity contribution in [2.75, 3.05) is 11.9 Å². The van der Waals surface area contributed by atoms with E-state index >= 15 is 0 Å². The van der Waals surface area contributed by atoms with Gasteiger partial charge in [-0.15, -0.1) is 10.2 Å². The number of rotatable bonds is 6. The standard InChI is InChI=1S/C20H21N3O2S/c1-13(2)15-8-10-17(11-9-15)25-12-18(24)21-20-23-22-19(26-20)16-6-4-14(3)5-7-16/h4-11,13H,12H2,1-3H3,(H,21,23,24). The van der Waals surface area contributed by atoms with Crippen LogP contribution in [0.1, 0.15) is 30.9 Å². The van der Waals surface area contributed by atoms with E-state index in [0.29, 0.717) is 16.8 Å². The van der Waals surface area contributed by atoms with E-state index in [0.717, 1.165) is 10.6 Å². The summed E-state index contributed by atoms with van der Waals surface area (Å²) < 4.78 is 5.52. The van der Waals surface area contributed by atoms with Crippen LogP contribution in [0, 0.1) is 6.92 Å². The fraction of sp³-hybridized carbons (Fsp3) is 0.250. The van der Waals surface area contributed by atoms with Gasteiger partial charge in [0.25, 0.3) is 5.91 Å². The van der Waals surface area contributed by atoms with Crippen LogP contribution in [-0.2, 0) is 4.79 Å². The van der Waals surface area contributed by atoms with Crippen molar-refractivity contribution in [2.24, 2.45) is 0 Å². The van der Waals surface area contributed by atoms with Gasteiger partial charge in [-0.2, -0.15) is 0 Å². The zero-order valence-corrected chi connectivity index (χ0v) is 15.8. The van der Waals surface area contributed by atoms with E-state index in [1.807, 2.05) is 55.5 Å². The highest BCUT2D eigenvalue weighted by molar-refractivity contribution is 7.18. The number of hydrogen-bond donors (Lipinski definition) is 1. The van der Waals surface area contributed by atoms with Crippen LogP contribution in [0.25, 0.3) is 10.6 Å². The first-order chi connectivity index (χ1) is 12.5. The van der Waals surface area contributed by atoms with Crippen LogP contribution in [0.15, 0.2) is 48.5 Å². The molecule has 1 N–H and O–H groups in total. The smallest absolute Gasteiger partial charge is 0.264 e. The third-order valence-corrected chi connectivity index (χ3v) is 4.77. The number of aromatic nitrogens is 2. The summed E-state index contributed by atoms with van der Waals surface area (Å²) >= 11 is 1.34. The van der Waals surface area contributed by atoms with Crippen molar-refractivity contribution < 1.29 is 9.53 Å². The third kappa shape index (κ3) is 4.67. The van der Waals surface area contributed by atoms with Crippen LogP contribution >= 0.6 is 11.3 Å². The Morgan fingerprint density at radius 3 is 2.42 bits per heavy atom. The molecule has 3 aromatic rings. The summed E-state index contributed by atoms with van der Waals surface area (Å²) in [6.45, 7) is 6.23. The lowest BCUT2D eigenvalue weighted by molar-refractivity contribution is -0.118. The zero-order valence-electron chi connectivity index (χ0n) is 15.0. The lowest BCUT2D eigenvalue weighted by Crippen LogP contribution is -2.20. The molecule has 0 atom stereocenters. The maximum absolute atomic E-state index is 12.1. The zero-order chi connectivity index (χ0) is 18.5. The summed E-state index contributed by atoms with van der Waals surface area (Å²) in [6, 6.07) is 15.8. The molecule has 1 heterocycles. The molecule has 0 aliphatic rings. The molecule has 1 aromatic heterocycles. The largest absolute Gasteiger partial charge is 0.484 e. The Balaban J connectivity index is 1.54. The summed E-state index contributed by atoms with van der Waals surface area (Å²) in [4.78, 5) is 12.1. The van der Waals surface area contributed by atoms with Crippen LogP contribution in [-0.4, -0.2) is 22.7 Å². The predicted octanol–water partition coefficient (Wildman–Crippen LogP) is 4.65. The van der Waals surface area contributed by atoms with E-state index in [2.05, 4.69) is 29.4 Å². The molecule has 0 spiro atoms. The Labute approximate surface area is 157 Å². The average Bonchev–Trinajstić information content (AvgIpc) is 3.09. The number of anilines is 1. The van der Waals surface area contributed by atoms with E-state index in [9.17, 15) is 4.79 Å². The van der Waals surface area contributed by atoms with Crippen LogP contribution in [0.2, 0.25) is 0 Å². The predicted molar refractivity (Wildman–Crippen MR) is 105 cm³/mol. The van der Waals surface area contributed by atoms with Gasteiger partial charge in [0, 0.05) is 5.56 Å². The molecule has 0 radical (unpaired) electrons. The SMILES string of the molecule is Cc1ccc(-c2nnc(NC(=O)COc3ccc(C(C)C)cc3)s2)cc1. The molecule has 26 heavy (non-hydrogen) atoms. The molecular formula is C20H21N3O2S. The Bertz CT molecular complexity index is 871. The van der Waals surface area contributed by atoms with Crippen LogP contribution < -0.4 is 10.1 Å². The second-order valence-electron chi connectivity index (χ2n) is 6.34. The summed E-state index contributed by atoms with van der Waals surface area (Å²) in [5.74, 6) is 0.874. The molecule has 0 saturated carbocycles. The molecule has 5 nitrogen and oxygen atoms in total. The van der Waals surface area contributed by atoms with Gasteiger partial charge in [-0.1, -0.05) is 67.1 Å². The number of nitrogens with one attached hydrogen (secondary N) is 1. The van der Waals surface area contributed by atoms with Gasteiger partial charge in [0.15, 0.2) is 6.61 Å². The summed E-state index contributed by atoms with van der Waals surface area (Å²) in [6.07, 6.45) is 0. The van der Waals surface area contributed by atoms with Gasteiger partial charge in [0.2, 0.25) is 5.13 Å². The van der Waals surface area contributed by atoms with E-state index in [4.69, 9.17) is 4.74 Å². The molecule has 0 unspecified atom stereocenters. The Morgan fingerprint density at radius 2 is 1.77 bits per heavy atom. The van der Waals surface area contributed by atoms with E-state index in [-0.39, 0.29) is 12.5 Å². The second kappa shape index (κ2) is 8.10. The van der Waals surface area contributed by atoms with Crippen LogP contribution in [0.5, 0.6) is 5.75 Å². The molecule has 0 aliphatic carbocycles. The van der Waals surface area contributed by atoms with Gasteiger partial charge in [0.05, 0.1) is 0 Å². The Hall–Kier alpha value is -2.73. The average molecular weight is 367 g/mol. The van der Waals surface area contributed by atoms with Crippen molar-refractivity contribution in [3.05, 3.63) is 59.7 Å². The number of ether oxygens (including phenoxy) is 1. The molecule has 134 valence electrons. The van der Waals surface area contributed by atoms with Crippen molar-refractivity contribution >= 4 is 22.4 Å². The Kier molecular flexibility index (Phi) is 5.63. The fourth-order valence-electron chi connectivity index (χ4n) is 2.34. The Morgan fingerprint density at radius 1 is 1.08 bits per heavy atom. The summed E-state index contributed by atoms with van der Waals surface area (Å²) in [5, 5.41) is 12.1. The summed E-state index contributed by atoms with van der Waals surface area (Å²) in [5.41, 5.74) is 3.40. The minimum Gasteiger partial charge on any atom is -0.484 e. The van der Waals surface area contributed by atoms with Crippen molar-refractivity contribution in [2.45, 2.75) is 26.7 Å². The van der Waals surface area contributed by atoms with Crippen molar-refractivity contribution in [1.29, 1.82) is 0 Å². The highest BCUT2D eigenvalue weighted by Crippen LogP contribution is 2.26.